The van der Waals surface area contributed by atoms with Crippen molar-refractivity contribution in [3.8, 4) is 0 Å². The molecule has 2 aromatic rings. The van der Waals surface area contributed by atoms with E-state index in [1.807, 2.05) is 0 Å². The molecule has 3 rings (SSSR count). The van der Waals surface area contributed by atoms with Crippen molar-refractivity contribution in [2.75, 3.05) is 6.54 Å². The number of hydrogen-bond acceptors (Lipinski definition) is 4. The van der Waals surface area contributed by atoms with Crippen LogP contribution in [0.3, 0.4) is 0 Å². The maximum Gasteiger partial charge on any atom is 0.243 e. The molecular formula is C13H13F2N3O. The maximum atomic E-state index is 13.5. The Morgan fingerprint density at radius 2 is 2.26 bits per heavy atom. The van der Waals surface area contributed by atoms with Gasteiger partial charge in [0.05, 0.1) is 6.04 Å². The highest BCUT2D eigenvalue weighted by molar-refractivity contribution is 5.21. The van der Waals surface area contributed by atoms with Crippen LogP contribution in [0.15, 0.2) is 22.7 Å². The molecular weight excluding hydrogens is 252 g/mol. The molecule has 0 radical (unpaired) electrons. The van der Waals surface area contributed by atoms with E-state index in [1.54, 1.807) is 0 Å². The molecule has 2 heterocycles. The Bertz CT molecular complexity index is 579. The second-order valence-corrected chi connectivity index (χ2v) is 4.61. The average Bonchev–Trinajstić information content (AvgIpc) is 3.03. The number of aromatic nitrogens is 2. The molecule has 0 spiro atoms. The van der Waals surface area contributed by atoms with E-state index in [1.165, 1.54) is 12.1 Å². The zero-order valence-electron chi connectivity index (χ0n) is 10.2. The molecule has 1 aromatic carbocycles. The van der Waals surface area contributed by atoms with Gasteiger partial charge in [0.25, 0.3) is 0 Å². The van der Waals surface area contributed by atoms with E-state index in [-0.39, 0.29) is 12.5 Å². The fourth-order valence-electron chi connectivity index (χ4n) is 2.21. The van der Waals surface area contributed by atoms with Crippen LogP contribution >= 0.6 is 0 Å². The molecule has 0 amide bonds. The standard InChI is InChI=1S/C13H13F2N3O/c14-9-4-3-8(10(15)7-9)6-12-17-13(19-18-12)11-2-1-5-16-11/h3-4,7,11,16H,1-2,5-6H2/t11-/m1/s1. The smallest absolute Gasteiger partial charge is 0.243 e. The summed E-state index contributed by atoms with van der Waals surface area (Å²) in [6, 6.07) is 3.57. The van der Waals surface area contributed by atoms with Crippen molar-refractivity contribution in [2.24, 2.45) is 0 Å². The zero-order chi connectivity index (χ0) is 13.2. The van der Waals surface area contributed by atoms with E-state index in [9.17, 15) is 8.78 Å². The van der Waals surface area contributed by atoms with Crippen molar-refractivity contribution in [2.45, 2.75) is 25.3 Å². The largest absolute Gasteiger partial charge is 0.338 e. The van der Waals surface area contributed by atoms with Gasteiger partial charge in [-0.25, -0.2) is 8.78 Å². The van der Waals surface area contributed by atoms with E-state index in [4.69, 9.17) is 4.52 Å². The van der Waals surface area contributed by atoms with Gasteiger partial charge in [-0.2, -0.15) is 4.98 Å². The van der Waals surface area contributed by atoms with Crippen molar-refractivity contribution in [1.82, 2.24) is 15.5 Å². The molecule has 0 unspecified atom stereocenters. The minimum absolute atomic E-state index is 0.0966. The zero-order valence-corrected chi connectivity index (χ0v) is 10.2. The fraction of sp³-hybridized carbons (Fsp3) is 0.385. The van der Waals surface area contributed by atoms with Crippen LogP contribution in [-0.2, 0) is 6.42 Å². The lowest BCUT2D eigenvalue weighted by atomic mass is 10.1. The predicted octanol–water partition coefficient (Wildman–Crippen LogP) is 2.36. The highest BCUT2D eigenvalue weighted by atomic mass is 19.1. The Hall–Kier alpha value is -1.82. The fourth-order valence-corrected chi connectivity index (χ4v) is 2.21. The summed E-state index contributed by atoms with van der Waals surface area (Å²) in [7, 11) is 0. The Morgan fingerprint density at radius 1 is 1.37 bits per heavy atom. The minimum atomic E-state index is -0.592. The normalized spacial score (nSPS) is 18.9. The molecule has 1 N–H and O–H groups in total. The van der Waals surface area contributed by atoms with E-state index < -0.39 is 11.6 Å². The van der Waals surface area contributed by atoms with Crippen LogP contribution in [0.4, 0.5) is 8.78 Å². The summed E-state index contributed by atoms with van der Waals surface area (Å²) in [4.78, 5) is 4.25. The average molecular weight is 265 g/mol. The summed E-state index contributed by atoms with van der Waals surface area (Å²) >= 11 is 0. The van der Waals surface area contributed by atoms with Crippen LogP contribution < -0.4 is 5.32 Å². The van der Waals surface area contributed by atoms with Gasteiger partial charge in [0, 0.05) is 12.5 Å². The molecule has 100 valence electrons. The molecule has 1 aliphatic rings. The second-order valence-electron chi connectivity index (χ2n) is 4.61. The summed E-state index contributed by atoms with van der Waals surface area (Å²) in [5.74, 6) is -0.236. The molecule has 1 saturated heterocycles. The van der Waals surface area contributed by atoms with Crippen molar-refractivity contribution >= 4 is 0 Å². The topological polar surface area (TPSA) is 51.0 Å². The number of benzene rings is 1. The first-order valence-corrected chi connectivity index (χ1v) is 6.22. The Balaban J connectivity index is 1.76. The molecule has 1 aromatic heterocycles. The van der Waals surface area contributed by atoms with E-state index in [2.05, 4.69) is 15.5 Å². The van der Waals surface area contributed by atoms with Gasteiger partial charge in [-0.05, 0) is 31.0 Å². The highest BCUT2D eigenvalue weighted by Gasteiger charge is 2.22. The summed E-state index contributed by atoms with van der Waals surface area (Å²) in [6.45, 7) is 0.939. The summed E-state index contributed by atoms with van der Waals surface area (Å²) in [5, 5.41) is 7.08. The SMILES string of the molecule is Fc1ccc(Cc2noc([C@H]3CCCN3)n2)c(F)c1. The van der Waals surface area contributed by atoms with Gasteiger partial charge in [0.1, 0.15) is 11.6 Å². The van der Waals surface area contributed by atoms with Gasteiger partial charge in [-0.1, -0.05) is 11.2 Å². The number of halogens is 2. The van der Waals surface area contributed by atoms with Crippen LogP contribution in [0, 0.1) is 11.6 Å². The molecule has 1 atom stereocenters. The van der Waals surface area contributed by atoms with Crippen molar-refractivity contribution in [3.63, 3.8) is 0 Å². The lowest BCUT2D eigenvalue weighted by Gasteiger charge is -2.01. The molecule has 0 saturated carbocycles. The first-order chi connectivity index (χ1) is 9.22. The van der Waals surface area contributed by atoms with Crippen LogP contribution in [0.25, 0.3) is 0 Å². The molecule has 19 heavy (non-hydrogen) atoms. The van der Waals surface area contributed by atoms with Gasteiger partial charge in [-0.3, -0.25) is 0 Å². The van der Waals surface area contributed by atoms with Gasteiger partial charge >= 0.3 is 0 Å². The van der Waals surface area contributed by atoms with Crippen molar-refractivity contribution < 1.29 is 13.3 Å². The third-order valence-electron chi connectivity index (χ3n) is 3.21. The molecule has 1 aliphatic heterocycles. The number of hydrogen-bond donors (Lipinski definition) is 1. The number of rotatable bonds is 3. The van der Waals surface area contributed by atoms with Crippen LogP contribution in [0.1, 0.15) is 36.2 Å². The number of nitrogens with one attached hydrogen (secondary N) is 1. The predicted molar refractivity (Wildman–Crippen MR) is 63.4 cm³/mol. The van der Waals surface area contributed by atoms with Crippen molar-refractivity contribution in [3.05, 3.63) is 47.1 Å². The molecule has 6 heteroatoms. The lowest BCUT2D eigenvalue weighted by Crippen LogP contribution is -2.13. The van der Waals surface area contributed by atoms with E-state index >= 15 is 0 Å². The Kier molecular flexibility index (Phi) is 3.25. The first kappa shape index (κ1) is 12.2. The van der Waals surface area contributed by atoms with Crippen LogP contribution in [-0.4, -0.2) is 16.7 Å². The first-order valence-electron chi connectivity index (χ1n) is 6.22. The quantitative estimate of drug-likeness (QED) is 0.925. The van der Waals surface area contributed by atoms with Crippen LogP contribution in [0.5, 0.6) is 0 Å². The second kappa shape index (κ2) is 5.05. The van der Waals surface area contributed by atoms with Crippen LogP contribution in [0.2, 0.25) is 0 Å². The Morgan fingerprint density at radius 3 is 3.00 bits per heavy atom. The summed E-state index contributed by atoms with van der Waals surface area (Å²) < 4.78 is 31.5. The Labute approximate surface area is 108 Å². The molecule has 0 bridgehead atoms. The van der Waals surface area contributed by atoms with Gasteiger partial charge in [0.2, 0.25) is 5.89 Å². The molecule has 1 fully saturated rings. The van der Waals surface area contributed by atoms with Gasteiger partial charge < -0.3 is 9.84 Å². The summed E-state index contributed by atoms with van der Waals surface area (Å²) in [6.07, 6.45) is 2.24. The maximum absolute atomic E-state index is 13.5. The van der Waals surface area contributed by atoms with Gasteiger partial charge in [0.15, 0.2) is 5.82 Å². The summed E-state index contributed by atoms with van der Waals surface area (Å²) in [5.41, 5.74) is 0.355. The van der Waals surface area contributed by atoms with E-state index in [0.717, 1.165) is 25.5 Å². The monoisotopic (exact) mass is 265 g/mol. The molecule has 0 aliphatic carbocycles. The minimum Gasteiger partial charge on any atom is -0.338 e. The highest BCUT2D eigenvalue weighted by Crippen LogP contribution is 2.22. The lowest BCUT2D eigenvalue weighted by molar-refractivity contribution is 0.341. The third-order valence-corrected chi connectivity index (χ3v) is 3.21. The number of nitrogens with zero attached hydrogens (tertiary/aromatic N) is 2. The van der Waals surface area contributed by atoms with E-state index in [0.29, 0.717) is 17.3 Å². The van der Waals surface area contributed by atoms with Gasteiger partial charge in [-0.15, -0.1) is 0 Å². The van der Waals surface area contributed by atoms with Crippen molar-refractivity contribution in [1.29, 1.82) is 0 Å². The third kappa shape index (κ3) is 2.63. The molecule has 4 nitrogen and oxygen atoms in total.